The number of hydrogen-bond donors (Lipinski definition) is 1. The Kier molecular flexibility index (Phi) is 6.40. The Labute approximate surface area is 131 Å². The summed E-state index contributed by atoms with van der Waals surface area (Å²) in [5.74, 6) is -0.0923. The zero-order valence-corrected chi connectivity index (χ0v) is 13.7. The van der Waals surface area contributed by atoms with Gasteiger partial charge >= 0.3 is 0 Å². The van der Waals surface area contributed by atoms with E-state index in [1.54, 1.807) is 17.4 Å². The zero-order valence-electron chi connectivity index (χ0n) is 12.9. The molecule has 0 saturated carbocycles. The van der Waals surface area contributed by atoms with Crippen LogP contribution in [0.4, 0.5) is 4.39 Å². The first-order chi connectivity index (χ1) is 10.2. The molecule has 3 heteroatoms. The largest absolute Gasteiger partial charge is 0.310 e. The van der Waals surface area contributed by atoms with Crippen molar-refractivity contribution in [3.8, 4) is 0 Å². The van der Waals surface area contributed by atoms with Gasteiger partial charge in [0.2, 0.25) is 0 Å². The van der Waals surface area contributed by atoms with Gasteiger partial charge in [-0.25, -0.2) is 4.39 Å². The van der Waals surface area contributed by atoms with Crippen LogP contribution in [0.15, 0.2) is 35.7 Å². The molecule has 2 rings (SSSR count). The summed E-state index contributed by atoms with van der Waals surface area (Å²) in [6, 6.07) is 9.78. The Morgan fingerprint density at radius 3 is 2.86 bits per heavy atom. The number of hydrogen-bond acceptors (Lipinski definition) is 2. The average Bonchev–Trinajstić information content (AvgIpc) is 2.99. The molecule has 0 aliphatic carbocycles. The fourth-order valence-corrected chi connectivity index (χ4v) is 3.30. The summed E-state index contributed by atoms with van der Waals surface area (Å²) in [6.07, 6.45) is 4.19. The van der Waals surface area contributed by atoms with Crippen LogP contribution in [0.5, 0.6) is 0 Å². The molecule has 0 aliphatic rings. The van der Waals surface area contributed by atoms with Gasteiger partial charge in [0.25, 0.3) is 0 Å². The van der Waals surface area contributed by atoms with Gasteiger partial charge in [-0.1, -0.05) is 30.7 Å². The van der Waals surface area contributed by atoms with Crippen LogP contribution in [-0.4, -0.2) is 6.54 Å². The molecule has 1 unspecified atom stereocenters. The molecule has 0 bridgehead atoms. The summed E-state index contributed by atoms with van der Waals surface area (Å²) >= 11 is 1.80. The Balaban J connectivity index is 2.01. The molecule has 0 radical (unpaired) electrons. The number of benzene rings is 1. The Hall–Kier alpha value is -1.19. The van der Waals surface area contributed by atoms with Gasteiger partial charge in [0.1, 0.15) is 5.82 Å². The van der Waals surface area contributed by atoms with E-state index < -0.39 is 0 Å². The van der Waals surface area contributed by atoms with Gasteiger partial charge < -0.3 is 5.32 Å². The average molecular weight is 305 g/mol. The molecular weight excluding hydrogens is 281 g/mol. The van der Waals surface area contributed by atoms with Crippen LogP contribution >= 0.6 is 11.3 Å². The molecule has 114 valence electrons. The highest BCUT2D eigenvalue weighted by atomic mass is 32.1. The van der Waals surface area contributed by atoms with E-state index in [1.807, 2.05) is 19.1 Å². The third-order valence-electron chi connectivity index (χ3n) is 3.66. The van der Waals surface area contributed by atoms with Crippen LogP contribution in [-0.2, 0) is 6.42 Å². The third kappa shape index (κ3) is 4.94. The van der Waals surface area contributed by atoms with Crippen LogP contribution in [0.2, 0.25) is 0 Å². The second-order valence-electron chi connectivity index (χ2n) is 5.50. The van der Waals surface area contributed by atoms with E-state index in [1.165, 1.54) is 4.88 Å². The SMILES string of the molecule is CCCNC(CCCc1cccs1)c1cc(C)ccc1F. The summed E-state index contributed by atoms with van der Waals surface area (Å²) in [4.78, 5) is 1.41. The van der Waals surface area contributed by atoms with Crippen molar-refractivity contribution >= 4 is 11.3 Å². The highest BCUT2D eigenvalue weighted by molar-refractivity contribution is 7.09. The lowest BCUT2D eigenvalue weighted by Crippen LogP contribution is -2.23. The number of nitrogens with one attached hydrogen (secondary N) is 1. The molecule has 1 aromatic carbocycles. The van der Waals surface area contributed by atoms with Gasteiger partial charge in [-0.15, -0.1) is 11.3 Å². The van der Waals surface area contributed by atoms with Crippen molar-refractivity contribution in [2.24, 2.45) is 0 Å². The van der Waals surface area contributed by atoms with Gasteiger partial charge in [0, 0.05) is 16.5 Å². The Morgan fingerprint density at radius 2 is 2.14 bits per heavy atom. The number of thiophene rings is 1. The van der Waals surface area contributed by atoms with E-state index in [0.717, 1.165) is 43.4 Å². The topological polar surface area (TPSA) is 12.0 Å². The first kappa shape index (κ1) is 16.2. The van der Waals surface area contributed by atoms with Crippen molar-refractivity contribution in [1.82, 2.24) is 5.32 Å². The molecule has 0 saturated heterocycles. The van der Waals surface area contributed by atoms with E-state index in [0.29, 0.717) is 0 Å². The normalized spacial score (nSPS) is 12.5. The van der Waals surface area contributed by atoms with Crippen molar-refractivity contribution in [1.29, 1.82) is 0 Å². The van der Waals surface area contributed by atoms with Crippen LogP contribution in [0.1, 0.15) is 48.2 Å². The Morgan fingerprint density at radius 1 is 1.29 bits per heavy atom. The standard InChI is InChI=1S/C18H24FNS/c1-3-11-20-18(8-4-6-15-7-5-12-21-15)16-13-14(2)9-10-17(16)19/h5,7,9-10,12-13,18,20H,3-4,6,8,11H2,1-2H3. The van der Waals surface area contributed by atoms with Gasteiger partial charge in [-0.05, 0) is 56.7 Å². The predicted molar refractivity (Wildman–Crippen MR) is 89.4 cm³/mol. The lowest BCUT2D eigenvalue weighted by molar-refractivity contribution is 0.462. The molecule has 1 aromatic heterocycles. The minimum absolute atomic E-state index is 0.0923. The number of aryl methyl sites for hydroxylation is 2. The maximum atomic E-state index is 14.1. The molecular formula is C18H24FNS. The molecule has 0 spiro atoms. The van der Waals surface area contributed by atoms with Crippen LogP contribution in [0.3, 0.4) is 0 Å². The quantitative estimate of drug-likeness (QED) is 0.701. The van der Waals surface area contributed by atoms with Crippen molar-refractivity contribution in [3.05, 3.63) is 57.5 Å². The minimum Gasteiger partial charge on any atom is -0.310 e. The minimum atomic E-state index is -0.0923. The molecule has 1 N–H and O–H groups in total. The predicted octanol–water partition coefficient (Wildman–Crippen LogP) is 5.26. The molecule has 1 nitrogen and oxygen atoms in total. The fourth-order valence-electron chi connectivity index (χ4n) is 2.55. The van der Waals surface area contributed by atoms with E-state index in [9.17, 15) is 4.39 Å². The zero-order chi connectivity index (χ0) is 15.1. The number of rotatable bonds is 8. The molecule has 0 fully saturated rings. The monoisotopic (exact) mass is 305 g/mol. The lowest BCUT2D eigenvalue weighted by atomic mass is 9.98. The van der Waals surface area contributed by atoms with Crippen molar-refractivity contribution in [3.63, 3.8) is 0 Å². The van der Waals surface area contributed by atoms with Gasteiger partial charge in [-0.3, -0.25) is 0 Å². The van der Waals surface area contributed by atoms with Crippen molar-refractivity contribution < 1.29 is 4.39 Å². The molecule has 1 heterocycles. The number of halogens is 1. The summed E-state index contributed by atoms with van der Waals surface area (Å²) in [5.41, 5.74) is 1.93. The second kappa shape index (κ2) is 8.30. The van der Waals surface area contributed by atoms with Crippen molar-refractivity contribution in [2.45, 2.75) is 45.6 Å². The molecule has 21 heavy (non-hydrogen) atoms. The third-order valence-corrected chi connectivity index (χ3v) is 4.60. The van der Waals surface area contributed by atoms with E-state index in [2.05, 4.69) is 29.8 Å². The summed E-state index contributed by atoms with van der Waals surface area (Å²) in [7, 11) is 0. The summed E-state index contributed by atoms with van der Waals surface area (Å²) < 4.78 is 14.1. The van der Waals surface area contributed by atoms with Crippen LogP contribution in [0.25, 0.3) is 0 Å². The smallest absolute Gasteiger partial charge is 0.127 e. The highest BCUT2D eigenvalue weighted by Gasteiger charge is 2.15. The van der Waals surface area contributed by atoms with Crippen molar-refractivity contribution in [2.75, 3.05) is 6.54 Å². The molecule has 1 atom stereocenters. The van der Waals surface area contributed by atoms with Gasteiger partial charge in [0.05, 0.1) is 0 Å². The first-order valence-electron chi connectivity index (χ1n) is 7.72. The molecule has 2 aromatic rings. The van der Waals surface area contributed by atoms with E-state index in [4.69, 9.17) is 0 Å². The summed E-state index contributed by atoms with van der Waals surface area (Å²) in [6.45, 7) is 5.09. The van der Waals surface area contributed by atoms with Gasteiger partial charge in [-0.2, -0.15) is 0 Å². The molecule has 0 amide bonds. The Bertz CT molecular complexity index is 536. The van der Waals surface area contributed by atoms with E-state index in [-0.39, 0.29) is 11.9 Å². The first-order valence-corrected chi connectivity index (χ1v) is 8.60. The van der Waals surface area contributed by atoms with E-state index >= 15 is 0 Å². The summed E-state index contributed by atoms with van der Waals surface area (Å²) in [5, 5.41) is 5.61. The maximum Gasteiger partial charge on any atom is 0.127 e. The second-order valence-corrected chi connectivity index (χ2v) is 6.54. The van der Waals surface area contributed by atoms with Gasteiger partial charge in [0.15, 0.2) is 0 Å². The highest BCUT2D eigenvalue weighted by Crippen LogP contribution is 2.24. The lowest BCUT2D eigenvalue weighted by Gasteiger charge is -2.20. The van der Waals surface area contributed by atoms with Crippen LogP contribution in [0, 0.1) is 12.7 Å². The fraction of sp³-hybridized carbons (Fsp3) is 0.444. The van der Waals surface area contributed by atoms with Crippen LogP contribution < -0.4 is 5.32 Å². The maximum absolute atomic E-state index is 14.1. The molecule has 0 aliphatic heterocycles.